The number of allylic oxidation sites excluding steroid dienone is 4. The van der Waals surface area contributed by atoms with Gasteiger partial charge < -0.3 is 0 Å². The van der Waals surface area contributed by atoms with E-state index in [9.17, 15) is 9.59 Å². The van der Waals surface area contributed by atoms with Crippen molar-refractivity contribution in [3.05, 3.63) is 23.3 Å². The van der Waals surface area contributed by atoms with Crippen molar-refractivity contribution in [2.45, 2.75) is 54.4 Å². The van der Waals surface area contributed by atoms with Crippen molar-refractivity contribution in [2.75, 3.05) is 0 Å². The van der Waals surface area contributed by atoms with Gasteiger partial charge in [0.1, 0.15) is 0 Å². The minimum Gasteiger partial charge on any atom is -0.294 e. The molecule has 0 unspecified atom stereocenters. The summed E-state index contributed by atoms with van der Waals surface area (Å²) in [5.74, 6) is 0.332. The number of nitrogens with zero attached hydrogens (tertiary/aromatic N) is 2. The van der Waals surface area contributed by atoms with Crippen LogP contribution in [0.1, 0.15) is 54.4 Å². The van der Waals surface area contributed by atoms with Gasteiger partial charge in [0.05, 0.1) is 11.4 Å². The largest absolute Gasteiger partial charge is 0.294 e. The molecule has 0 saturated carbocycles. The van der Waals surface area contributed by atoms with Gasteiger partial charge in [-0.2, -0.15) is 10.2 Å². The number of hydrogen-bond acceptors (Lipinski definition) is 4. The number of rotatable bonds is 1. The second-order valence-electron chi connectivity index (χ2n) is 7.62. The van der Waals surface area contributed by atoms with Crippen LogP contribution in [0.3, 0.4) is 0 Å². The second-order valence-corrected chi connectivity index (χ2v) is 7.62. The summed E-state index contributed by atoms with van der Waals surface area (Å²) >= 11 is 0. The smallest absolute Gasteiger partial charge is 0.164 e. The maximum Gasteiger partial charge on any atom is 0.164 e. The van der Waals surface area contributed by atoms with Crippen LogP contribution in [0.2, 0.25) is 0 Å². The molecule has 0 fully saturated rings. The standard InChI is InChI=1S/C18H24N2O2/c1-11-7-13(9-17(3,4)15(11)21)19-20-14-8-12(2)16(22)18(5,6)10-14/h7-8H,9-10H2,1-6H3. The van der Waals surface area contributed by atoms with Crippen molar-refractivity contribution < 1.29 is 9.59 Å². The van der Waals surface area contributed by atoms with Gasteiger partial charge in [0, 0.05) is 23.7 Å². The van der Waals surface area contributed by atoms with E-state index in [0.29, 0.717) is 12.8 Å². The van der Waals surface area contributed by atoms with Gasteiger partial charge in [-0.25, -0.2) is 0 Å². The van der Waals surface area contributed by atoms with E-state index in [1.54, 1.807) is 0 Å². The average molecular weight is 300 g/mol. The van der Waals surface area contributed by atoms with Crippen LogP contribution in [0.15, 0.2) is 33.5 Å². The van der Waals surface area contributed by atoms with Crippen LogP contribution in [-0.4, -0.2) is 23.0 Å². The normalized spacial score (nSPS) is 27.9. The van der Waals surface area contributed by atoms with Gasteiger partial charge in [0.15, 0.2) is 11.6 Å². The highest BCUT2D eigenvalue weighted by molar-refractivity contribution is 6.14. The van der Waals surface area contributed by atoms with E-state index >= 15 is 0 Å². The highest BCUT2D eigenvalue weighted by atomic mass is 16.1. The third-order valence-electron chi connectivity index (χ3n) is 4.26. The Bertz CT molecular complexity index is 601. The summed E-state index contributed by atoms with van der Waals surface area (Å²) in [5, 5.41) is 8.67. The summed E-state index contributed by atoms with van der Waals surface area (Å²) < 4.78 is 0. The number of Topliss-reactive ketones (excluding diaryl/α,β-unsaturated/α-hetero) is 2. The van der Waals surface area contributed by atoms with E-state index in [1.165, 1.54) is 0 Å². The van der Waals surface area contributed by atoms with Crippen LogP contribution < -0.4 is 0 Å². The molecule has 0 saturated heterocycles. The molecule has 4 nitrogen and oxygen atoms in total. The van der Waals surface area contributed by atoms with Gasteiger partial charge in [-0.05, 0) is 37.1 Å². The number of carbonyl (C=O) groups is 2. The van der Waals surface area contributed by atoms with Crippen LogP contribution >= 0.6 is 0 Å². The van der Waals surface area contributed by atoms with Gasteiger partial charge in [-0.3, -0.25) is 9.59 Å². The van der Waals surface area contributed by atoms with Crippen molar-refractivity contribution in [1.29, 1.82) is 0 Å². The van der Waals surface area contributed by atoms with Crippen LogP contribution in [-0.2, 0) is 9.59 Å². The predicted molar refractivity (Wildman–Crippen MR) is 89.2 cm³/mol. The molecule has 0 bridgehead atoms. The Morgan fingerprint density at radius 3 is 1.36 bits per heavy atom. The van der Waals surface area contributed by atoms with Crippen molar-refractivity contribution in [1.82, 2.24) is 0 Å². The average Bonchev–Trinajstić information content (AvgIpc) is 2.39. The summed E-state index contributed by atoms with van der Waals surface area (Å²) in [7, 11) is 0. The molecule has 0 radical (unpaired) electrons. The third kappa shape index (κ3) is 3.16. The monoisotopic (exact) mass is 300 g/mol. The summed E-state index contributed by atoms with van der Waals surface area (Å²) in [6.07, 6.45) is 4.80. The molecule has 118 valence electrons. The van der Waals surface area contributed by atoms with Crippen LogP contribution in [0.4, 0.5) is 0 Å². The minimum atomic E-state index is -0.425. The maximum absolute atomic E-state index is 12.1. The Balaban J connectivity index is 2.32. The quantitative estimate of drug-likeness (QED) is 0.694. The van der Waals surface area contributed by atoms with Gasteiger partial charge >= 0.3 is 0 Å². The van der Waals surface area contributed by atoms with Crippen molar-refractivity contribution in [3.8, 4) is 0 Å². The molecule has 0 N–H and O–H groups in total. The van der Waals surface area contributed by atoms with E-state index < -0.39 is 10.8 Å². The Morgan fingerprint density at radius 2 is 1.09 bits per heavy atom. The Hall–Kier alpha value is -1.84. The Morgan fingerprint density at radius 1 is 0.773 bits per heavy atom. The Labute approximate surface area is 132 Å². The summed E-state index contributed by atoms with van der Waals surface area (Å²) in [4.78, 5) is 24.1. The van der Waals surface area contributed by atoms with E-state index in [1.807, 2.05) is 53.7 Å². The van der Waals surface area contributed by atoms with E-state index in [0.717, 1.165) is 22.6 Å². The number of hydrogen-bond donors (Lipinski definition) is 0. The minimum absolute atomic E-state index is 0.166. The summed E-state index contributed by atoms with van der Waals surface area (Å²) in [5.41, 5.74) is 2.23. The maximum atomic E-state index is 12.1. The molecule has 0 aromatic rings. The molecule has 0 heterocycles. The third-order valence-corrected chi connectivity index (χ3v) is 4.26. The molecule has 0 atom stereocenters. The molecule has 22 heavy (non-hydrogen) atoms. The first-order valence-electron chi connectivity index (χ1n) is 7.62. The molecule has 0 aromatic heterocycles. The molecule has 2 aliphatic carbocycles. The van der Waals surface area contributed by atoms with Crippen molar-refractivity contribution in [3.63, 3.8) is 0 Å². The summed E-state index contributed by atoms with van der Waals surface area (Å²) in [6, 6.07) is 0. The number of carbonyl (C=O) groups excluding carboxylic acids is 2. The topological polar surface area (TPSA) is 58.9 Å². The van der Waals surface area contributed by atoms with Crippen LogP contribution in [0.25, 0.3) is 0 Å². The molecule has 2 rings (SSSR count). The highest BCUT2D eigenvalue weighted by Crippen LogP contribution is 2.32. The molecule has 2 aliphatic rings. The SMILES string of the molecule is CC1=CC(=NN=C2C=C(C)C(=O)C(C)(C)C2)CC(C)(C)C1=O. The van der Waals surface area contributed by atoms with Crippen molar-refractivity contribution >= 4 is 23.0 Å². The van der Waals surface area contributed by atoms with E-state index in [4.69, 9.17) is 0 Å². The van der Waals surface area contributed by atoms with Gasteiger partial charge in [-0.15, -0.1) is 0 Å². The van der Waals surface area contributed by atoms with E-state index in [-0.39, 0.29) is 11.6 Å². The molecule has 0 spiro atoms. The lowest BCUT2D eigenvalue weighted by molar-refractivity contribution is -0.123. The molecule has 0 amide bonds. The first-order chi connectivity index (χ1) is 10.0. The van der Waals surface area contributed by atoms with Gasteiger partial charge in [0.25, 0.3) is 0 Å². The fourth-order valence-corrected chi connectivity index (χ4v) is 3.12. The lowest BCUT2D eigenvalue weighted by Crippen LogP contribution is -2.32. The Kier molecular flexibility index (Phi) is 4.07. The zero-order valence-corrected chi connectivity index (χ0v) is 14.3. The fourth-order valence-electron chi connectivity index (χ4n) is 3.12. The predicted octanol–water partition coefficient (Wildman–Crippen LogP) is 3.67. The van der Waals surface area contributed by atoms with Crippen LogP contribution in [0, 0.1) is 10.8 Å². The molecular formula is C18H24N2O2. The zero-order valence-electron chi connectivity index (χ0n) is 14.3. The highest BCUT2D eigenvalue weighted by Gasteiger charge is 2.35. The summed E-state index contributed by atoms with van der Waals surface area (Å²) in [6.45, 7) is 11.4. The second kappa shape index (κ2) is 5.41. The number of ketones is 2. The molecular weight excluding hydrogens is 276 g/mol. The lowest BCUT2D eigenvalue weighted by Gasteiger charge is -2.28. The molecule has 0 aliphatic heterocycles. The van der Waals surface area contributed by atoms with Gasteiger partial charge in [0.2, 0.25) is 0 Å². The van der Waals surface area contributed by atoms with Crippen molar-refractivity contribution in [2.24, 2.45) is 21.0 Å². The first kappa shape index (κ1) is 16.5. The molecule has 0 aromatic carbocycles. The lowest BCUT2D eigenvalue weighted by atomic mass is 9.75. The fraction of sp³-hybridized carbons (Fsp3) is 0.556. The zero-order chi connectivity index (χ0) is 16.7. The first-order valence-corrected chi connectivity index (χ1v) is 7.62. The molecule has 4 heteroatoms. The van der Waals surface area contributed by atoms with E-state index in [2.05, 4.69) is 10.2 Å². The van der Waals surface area contributed by atoms with Gasteiger partial charge in [-0.1, -0.05) is 27.7 Å². The van der Waals surface area contributed by atoms with Crippen LogP contribution in [0.5, 0.6) is 0 Å².